The molecule has 0 aliphatic carbocycles. The second kappa shape index (κ2) is 9.53. The molecule has 1 heterocycles. The van der Waals surface area contributed by atoms with Crippen LogP contribution >= 0.6 is 0 Å². The number of fused-ring (bicyclic) bond motifs is 1. The Hall–Kier alpha value is -5.66. The second-order valence-corrected chi connectivity index (χ2v) is 8.11. The van der Waals surface area contributed by atoms with Crippen LogP contribution in [-0.4, -0.2) is 10.9 Å². The average molecular weight is 483 g/mol. The zero-order chi connectivity index (χ0) is 25.9. The van der Waals surface area contributed by atoms with Crippen LogP contribution in [0.5, 0.6) is 5.75 Å². The van der Waals surface area contributed by atoms with Crippen LogP contribution in [-0.2, 0) is 0 Å². The van der Waals surface area contributed by atoms with E-state index in [-0.39, 0.29) is 16.5 Å². The van der Waals surface area contributed by atoms with Gasteiger partial charge in [0.05, 0.1) is 23.6 Å². The van der Waals surface area contributed by atoms with Gasteiger partial charge in [-0.2, -0.15) is 5.26 Å². The van der Waals surface area contributed by atoms with Crippen LogP contribution in [0.2, 0.25) is 0 Å². The van der Waals surface area contributed by atoms with Crippen molar-refractivity contribution in [2.75, 3.05) is 4.90 Å². The van der Waals surface area contributed by atoms with Crippen molar-refractivity contribution >= 4 is 39.5 Å². The number of ketones is 1. The first-order chi connectivity index (χ1) is 18.0. The fourth-order valence-corrected chi connectivity index (χ4v) is 4.05. The van der Waals surface area contributed by atoms with Crippen LogP contribution in [0.3, 0.4) is 0 Å². The highest BCUT2D eigenvalue weighted by atomic mass is 16.4. The number of hydrogen-bond acceptors (Lipinski definition) is 6. The Morgan fingerprint density at radius 3 is 2.03 bits per heavy atom. The van der Waals surface area contributed by atoms with Gasteiger partial charge in [-0.1, -0.05) is 24.3 Å². The number of benzene rings is 4. The zero-order valence-corrected chi connectivity index (χ0v) is 19.3. The summed E-state index contributed by atoms with van der Waals surface area (Å²) in [6.45, 7) is 7.21. The van der Waals surface area contributed by atoms with Crippen molar-refractivity contribution in [3.8, 4) is 11.8 Å². The molecular formula is C30H17N3O4. The van der Waals surface area contributed by atoms with Gasteiger partial charge in [0.1, 0.15) is 11.3 Å². The van der Waals surface area contributed by atoms with Crippen molar-refractivity contribution in [3.05, 3.63) is 136 Å². The zero-order valence-electron chi connectivity index (χ0n) is 19.3. The molecule has 0 unspecified atom stereocenters. The molecule has 7 heteroatoms. The van der Waals surface area contributed by atoms with Crippen LogP contribution in [0.15, 0.2) is 106 Å². The van der Waals surface area contributed by atoms with E-state index >= 15 is 0 Å². The normalized spacial score (nSPS) is 10.4. The molecule has 0 saturated heterocycles. The van der Waals surface area contributed by atoms with Gasteiger partial charge in [0.2, 0.25) is 5.78 Å². The van der Waals surface area contributed by atoms with Crippen molar-refractivity contribution in [2.24, 2.45) is 0 Å². The monoisotopic (exact) mass is 483 g/mol. The Labute approximate surface area is 211 Å². The van der Waals surface area contributed by atoms with E-state index in [1.807, 2.05) is 17.0 Å². The third-order valence-electron chi connectivity index (χ3n) is 5.89. The fourth-order valence-electron chi connectivity index (χ4n) is 4.05. The number of aromatic hydroxyl groups is 1. The lowest BCUT2D eigenvalue weighted by Crippen LogP contribution is -2.16. The Morgan fingerprint density at radius 1 is 0.865 bits per heavy atom. The molecule has 4 aromatic carbocycles. The van der Waals surface area contributed by atoms with E-state index < -0.39 is 22.7 Å². The summed E-state index contributed by atoms with van der Waals surface area (Å²) in [4.78, 5) is 31.1. The summed E-state index contributed by atoms with van der Waals surface area (Å²) in [5, 5.41) is 20.1. The number of anilines is 3. The highest BCUT2D eigenvalue weighted by Gasteiger charge is 2.22. The fraction of sp³-hybridized carbons (Fsp3) is 0. The molecule has 0 aliphatic rings. The summed E-state index contributed by atoms with van der Waals surface area (Å²) in [6.07, 6.45) is 0. The maximum atomic E-state index is 13.2. The molecule has 0 atom stereocenters. The van der Waals surface area contributed by atoms with E-state index in [2.05, 4.69) is 10.9 Å². The van der Waals surface area contributed by atoms with Crippen molar-refractivity contribution in [2.45, 2.75) is 0 Å². The van der Waals surface area contributed by atoms with Gasteiger partial charge >= 0.3 is 5.63 Å². The van der Waals surface area contributed by atoms with Crippen LogP contribution in [0.1, 0.15) is 21.5 Å². The molecule has 0 bridgehead atoms. The number of nitriles is 1. The molecule has 0 spiro atoms. The van der Waals surface area contributed by atoms with E-state index in [1.165, 1.54) is 0 Å². The first kappa shape index (κ1) is 23.1. The molecule has 0 saturated carbocycles. The minimum atomic E-state index is -0.913. The molecule has 1 aromatic heterocycles. The van der Waals surface area contributed by atoms with Gasteiger partial charge in [0.25, 0.3) is 0 Å². The van der Waals surface area contributed by atoms with Gasteiger partial charge in [-0.25, -0.2) is 9.64 Å². The summed E-state index contributed by atoms with van der Waals surface area (Å²) < 4.78 is 5.24. The van der Waals surface area contributed by atoms with Crippen LogP contribution in [0, 0.1) is 17.9 Å². The summed E-state index contributed by atoms with van der Waals surface area (Å²) in [5.74, 6) is -1.07. The Kier molecular flexibility index (Phi) is 5.95. The van der Waals surface area contributed by atoms with E-state index in [9.17, 15) is 14.7 Å². The second-order valence-electron chi connectivity index (χ2n) is 8.11. The van der Waals surface area contributed by atoms with Gasteiger partial charge < -0.3 is 14.4 Å². The van der Waals surface area contributed by atoms with Crippen LogP contribution in [0.25, 0.3) is 15.8 Å². The third kappa shape index (κ3) is 4.29. The lowest BCUT2D eigenvalue weighted by Gasteiger charge is -2.25. The topological polar surface area (TPSA) is 98.9 Å². The first-order valence-electron chi connectivity index (χ1n) is 11.2. The van der Waals surface area contributed by atoms with E-state index in [0.29, 0.717) is 16.9 Å². The highest BCUT2D eigenvalue weighted by Crippen LogP contribution is 2.36. The molecule has 0 radical (unpaired) electrons. The lowest BCUT2D eigenvalue weighted by molar-refractivity contribution is 0.103. The number of carbonyl (C=O) groups is 1. The molecule has 7 nitrogen and oxygen atoms in total. The number of rotatable bonds is 5. The minimum absolute atomic E-state index is 0.194. The van der Waals surface area contributed by atoms with Crippen molar-refractivity contribution in [1.29, 1.82) is 5.26 Å². The van der Waals surface area contributed by atoms with Gasteiger partial charge in [0, 0.05) is 22.6 Å². The quantitative estimate of drug-likeness (QED) is 0.171. The Morgan fingerprint density at radius 2 is 1.43 bits per heavy atom. The summed E-state index contributed by atoms with van der Waals surface area (Å²) in [7, 11) is 0. The van der Waals surface area contributed by atoms with E-state index in [0.717, 1.165) is 11.4 Å². The van der Waals surface area contributed by atoms with E-state index in [1.54, 1.807) is 84.9 Å². The molecule has 176 valence electrons. The van der Waals surface area contributed by atoms with Crippen LogP contribution < -0.4 is 10.5 Å². The number of para-hydroxylation sites is 1. The van der Waals surface area contributed by atoms with Crippen molar-refractivity contribution in [3.63, 3.8) is 0 Å². The molecule has 1 N–H and O–H groups in total. The first-order valence-corrected chi connectivity index (χ1v) is 11.2. The predicted octanol–water partition coefficient (Wildman–Crippen LogP) is 6.62. The maximum absolute atomic E-state index is 13.2. The minimum Gasteiger partial charge on any atom is -0.506 e. The average Bonchev–Trinajstić information content (AvgIpc) is 2.94. The van der Waals surface area contributed by atoms with E-state index in [4.69, 9.17) is 16.3 Å². The van der Waals surface area contributed by atoms with Gasteiger partial charge in [0.15, 0.2) is 11.3 Å². The van der Waals surface area contributed by atoms with Crippen molar-refractivity contribution in [1.82, 2.24) is 0 Å². The Balaban J connectivity index is 1.55. The third-order valence-corrected chi connectivity index (χ3v) is 5.89. The standard InChI is InChI=1S/C30H17N3O4/c1-32-21-10-16-24(17-11-21)33(22-12-6-19(18-31)7-13-22)23-14-8-20(9-15-23)28(34)27-29(35)25-4-2-3-5-26(25)37-30(27)36/h2-17,35H. The molecule has 37 heavy (non-hydrogen) atoms. The highest BCUT2D eigenvalue weighted by molar-refractivity contribution is 6.12. The lowest BCUT2D eigenvalue weighted by atomic mass is 10.0. The number of nitrogens with zero attached hydrogens (tertiary/aromatic N) is 3. The molecule has 5 aromatic rings. The molecule has 0 aliphatic heterocycles. The largest absolute Gasteiger partial charge is 0.506 e. The Bertz CT molecular complexity index is 1720. The summed E-state index contributed by atoms with van der Waals surface area (Å²) in [6, 6.07) is 29.2. The molecule has 5 rings (SSSR count). The number of carbonyl (C=O) groups excluding carboxylic acids is 1. The van der Waals surface area contributed by atoms with Crippen LogP contribution in [0.4, 0.5) is 22.7 Å². The smallest absolute Gasteiger partial charge is 0.351 e. The molecule has 0 amide bonds. The summed E-state index contributed by atoms with van der Waals surface area (Å²) >= 11 is 0. The predicted molar refractivity (Wildman–Crippen MR) is 140 cm³/mol. The SMILES string of the molecule is [C-]#[N+]c1ccc(N(c2ccc(C#N)cc2)c2ccc(C(=O)c3c(O)c4ccccc4oc3=O)cc2)cc1. The van der Waals surface area contributed by atoms with Gasteiger partial charge in [-0.3, -0.25) is 4.79 Å². The van der Waals surface area contributed by atoms with Gasteiger partial charge in [-0.15, -0.1) is 0 Å². The van der Waals surface area contributed by atoms with Gasteiger partial charge in [-0.05, 0) is 72.8 Å². The summed E-state index contributed by atoms with van der Waals surface area (Å²) in [5.41, 5.74) is 2.30. The number of hydrogen-bond donors (Lipinski definition) is 1. The van der Waals surface area contributed by atoms with Crippen molar-refractivity contribution < 1.29 is 14.3 Å². The molecule has 0 fully saturated rings. The molecular weight excluding hydrogens is 466 g/mol. The maximum Gasteiger partial charge on any atom is 0.351 e.